The highest BCUT2D eigenvalue weighted by Crippen LogP contribution is 2.39. The van der Waals surface area contributed by atoms with Crippen molar-refractivity contribution in [2.24, 2.45) is 5.41 Å². The second-order valence-corrected chi connectivity index (χ2v) is 7.72. The van der Waals surface area contributed by atoms with E-state index in [9.17, 15) is 14.7 Å². The fourth-order valence-electron chi connectivity index (χ4n) is 2.34. The largest absolute Gasteiger partial charge is 0.396 e. The molecule has 1 saturated heterocycles. The van der Waals surface area contributed by atoms with E-state index >= 15 is 0 Å². The minimum Gasteiger partial charge on any atom is -0.396 e. The van der Waals surface area contributed by atoms with Gasteiger partial charge in [-0.2, -0.15) is 0 Å². The van der Waals surface area contributed by atoms with Gasteiger partial charge in [0.05, 0.1) is 11.4 Å². The first-order valence-electron chi connectivity index (χ1n) is 6.72. The third-order valence-corrected chi connectivity index (χ3v) is 5.57. The maximum absolute atomic E-state index is 12.0. The van der Waals surface area contributed by atoms with E-state index in [4.69, 9.17) is 0 Å². The first kappa shape index (κ1) is 14.7. The van der Waals surface area contributed by atoms with Crippen LogP contribution in [-0.4, -0.2) is 46.6 Å². The molecule has 1 saturated carbocycles. The number of rotatable bonds is 4. The smallest absolute Gasteiger partial charge is 0.243 e. The van der Waals surface area contributed by atoms with Crippen molar-refractivity contribution in [1.29, 1.82) is 0 Å². The number of carbonyl (C=O) groups is 2. The van der Waals surface area contributed by atoms with Crippen LogP contribution in [0.25, 0.3) is 0 Å². The lowest BCUT2D eigenvalue weighted by molar-refractivity contribution is -0.130. The Kier molecular flexibility index (Phi) is 4.11. The summed E-state index contributed by atoms with van der Waals surface area (Å²) in [4.78, 5) is 23.8. The number of amides is 2. The van der Waals surface area contributed by atoms with Gasteiger partial charge in [-0.15, -0.1) is 11.8 Å². The summed E-state index contributed by atoms with van der Waals surface area (Å²) in [6.45, 7) is 4.33. The molecule has 2 amide bonds. The summed E-state index contributed by atoms with van der Waals surface area (Å²) in [5.41, 5.74) is -0.124. The monoisotopic (exact) mass is 286 g/mol. The number of hydrogen-bond acceptors (Lipinski definition) is 4. The van der Waals surface area contributed by atoms with Crippen LogP contribution in [0, 0.1) is 5.41 Å². The van der Waals surface area contributed by atoms with Gasteiger partial charge in [-0.25, -0.2) is 0 Å². The van der Waals surface area contributed by atoms with Crippen LogP contribution in [0.1, 0.15) is 33.1 Å². The van der Waals surface area contributed by atoms with Gasteiger partial charge in [-0.3, -0.25) is 9.59 Å². The normalized spacial score (nSPS) is 28.2. The maximum atomic E-state index is 12.0. The molecule has 1 aliphatic carbocycles. The molecule has 1 unspecified atom stereocenters. The predicted molar refractivity (Wildman–Crippen MR) is 74.8 cm³/mol. The average Bonchev–Trinajstić information content (AvgIpc) is 2.31. The van der Waals surface area contributed by atoms with Gasteiger partial charge in [0.2, 0.25) is 11.8 Å². The van der Waals surface area contributed by atoms with E-state index in [2.05, 4.69) is 10.6 Å². The Morgan fingerprint density at radius 2 is 2.21 bits per heavy atom. The Labute approximate surface area is 117 Å². The third-order valence-electron chi connectivity index (χ3n) is 4.17. The second kappa shape index (κ2) is 5.32. The Hall–Kier alpha value is -0.750. The molecule has 0 radical (unpaired) electrons. The first-order chi connectivity index (χ1) is 8.88. The number of aliphatic hydroxyl groups is 1. The van der Waals surface area contributed by atoms with Crippen molar-refractivity contribution in [3.05, 3.63) is 0 Å². The lowest BCUT2D eigenvalue weighted by Gasteiger charge is -2.41. The van der Waals surface area contributed by atoms with Crippen molar-refractivity contribution in [3.8, 4) is 0 Å². The van der Waals surface area contributed by atoms with Crippen LogP contribution in [0.15, 0.2) is 0 Å². The van der Waals surface area contributed by atoms with Crippen LogP contribution in [0.2, 0.25) is 0 Å². The molecule has 1 atom stereocenters. The van der Waals surface area contributed by atoms with Gasteiger partial charge in [0.1, 0.15) is 6.04 Å². The molecule has 0 aromatic carbocycles. The summed E-state index contributed by atoms with van der Waals surface area (Å²) in [5.74, 6) is 0.358. The van der Waals surface area contributed by atoms with Crippen LogP contribution in [0.3, 0.4) is 0 Å². The van der Waals surface area contributed by atoms with E-state index < -0.39 is 10.8 Å². The minimum absolute atomic E-state index is 0.0931. The van der Waals surface area contributed by atoms with Gasteiger partial charge < -0.3 is 15.7 Å². The predicted octanol–water partition coefficient (Wildman–Crippen LogP) is 0.275. The van der Waals surface area contributed by atoms with E-state index in [0.29, 0.717) is 12.3 Å². The van der Waals surface area contributed by atoms with E-state index in [1.54, 1.807) is 0 Å². The molecule has 0 spiro atoms. The third kappa shape index (κ3) is 3.05. The molecule has 2 fully saturated rings. The van der Waals surface area contributed by atoms with Crippen molar-refractivity contribution in [3.63, 3.8) is 0 Å². The molecule has 19 heavy (non-hydrogen) atoms. The number of aliphatic hydroxyl groups excluding tert-OH is 1. The summed E-state index contributed by atoms with van der Waals surface area (Å²) in [5, 5.41) is 15.0. The van der Waals surface area contributed by atoms with Crippen molar-refractivity contribution in [2.45, 2.75) is 43.9 Å². The topological polar surface area (TPSA) is 78.4 Å². The molecular weight excluding hydrogens is 264 g/mol. The number of hydrogen-bond donors (Lipinski definition) is 3. The zero-order valence-electron chi connectivity index (χ0n) is 11.5. The van der Waals surface area contributed by atoms with Crippen LogP contribution in [0.4, 0.5) is 0 Å². The Bertz CT molecular complexity index is 375. The Morgan fingerprint density at radius 3 is 2.68 bits per heavy atom. The number of carbonyl (C=O) groups excluding carboxylic acids is 2. The quantitative estimate of drug-likeness (QED) is 0.693. The van der Waals surface area contributed by atoms with E-state index in [0.717, 1.165) is 19.3 Å². The molecule has 6 heteroatoms. The molecule has 108 valence electrons. The SMILES string of the molecule is CC1(C)SCC(C(=O)NCC2(CO)CCC2)NC1=O. The van der Waals surface area contributed by atoms with E-state index in [1.807, 2.05) is 13.8 Å². The summed E-state index contributed by atoms with van der Waals surface area (Å²) in [7, 11) is 0. The van der Waals surface area contributed by atoms with Crippen LogP contribution < -0.4 is 10.6 Å². The minimum atomic E-state index is -0.461. The van der Waals surface area contributed by atoms with Gasteiger partial charge in [-0.05, 0) is 26.7 Å². The van der Waals surface area contributed by atoms with Crippen LogP contribution >= 0.6 is 11.8 Å². The highest BCUT2D eigenvalue weighted by atomic mass is 32.2. The molecular formula is C13H22N2O3S. The van der Waals surface area contributed by atoms with Crippen LogP contribution in [-0.2, 0) is 9.59 Å². The van der Waals surface area contributed by atoms with Crippen molar-refractivity contribution in [1.82, 2.24) is 10.6 Å². The highest BCUT2D eigenvalue weighted by molar-refractivity contribution is 8.01. The van der Waals surface area contributed by atoms with Crippen molar-refractivity contribution in [2.75, 3.05) is 18.9 Å². The number of thioether (sulfide) groups is 1. The molecule has 0 aromatic heterocycles. The fraction of sp³-hybridized carbons (Fsp3) is 0.846. The average molecular weight is 286 g/mol. The zero-order valence-corrected chi connectivity index (χ0v) is 12.3. The Balaban J connectivity index is 1.83. The molecule has 1 aliphatic heterocycles. The molecule has 2 aliphatic rings. The molecule has 0 aromatic rings. The van der Waals surface area contributed by atoms with Crippen LogP contribution in [0.5, 0.6) is 0 Å². The molecule has 3 N–H and O–H groups in total. The summed E-state index contributed by atoms with van der Waals surface area (Å²) in [6, 6.07) is -0.457. The van der Waals surface area contributed by atoms with Gasteiger partial charge in [0, 0.05) is 17.7 Å². The van der Waals surface area contributed by atoms with E-state index in [-0.39, 0.29) is 23.8 Å². The summed E-state index contributed by atoms with van der Waals surface area (Å²) >= 11 is 1.50. The van der Waals surface area contributed by atoms with Gasteiger partial charge >= 0.3 is 0 Å². The van der Waals surface area contributed by atoms with Crippen molar-refractivity contribution >= 4 is 23.6 Å². The van der Waals surface area contributed by atoms with Crippen molar-refractivity contribution < 1.29 is 14.7 Å². The highest BCUT2D eigenvalue weighted by Gasteiger charge is 2.40. The fourth-order valence-corrected chi connectivity index (χ4v) is 3.35. The standard InChI is InChI=1S/C13H22N2O3S/c1-12(2)11(18)15-9(6-19-12)10(17)14-7-13(8-16)4-3-5-13/h9,16H,3-8H2,1-2H3,(H,14,17)(H,15,18). The molecule has 0 bridgehead atoms. The Morgan fingerprint density at radius 1 is 1.53 bits per heavy atom. The lowest BCUT2D eigenvalue weighted by Crippen LogP contribution is -2.58. The number of nitrogens with one attached hydrogen (secondary N) is 2. The van der Waals surface area contributed by atoms with Gasteiger partial charge in [0.15, 0.2) is 0 Å². The molecule has 1 heterocycles. The first-order valence-corrected chi connectivity index (χ1v) is 7.71. The van der Waals surface area contributed by atoms with Gasteiger partial charge in [0.25, 0.3) is 0 Å². The summed E-state index contributed by atoms with van der Waals surface area (Å²) in [6.07, 6.45) is 3.03. The molecule has 2 rings (SSSR count). The van der Waals surface area contributed by atoms with E-state index in [1.165, 1.54) is 11.8 Å². The summed E-state index contributed by atoms with van der Waals surface area (Å²) < 4.78 is -0.461. The molecule has 5 nitrogen and oxygen atoms in total. The lowest BCUT2D eigenvalue weighted by atomic mass is 9.69. The zero-order chi connectivity index (χ0) is 14.1. The van der Waals surface area contributed by atoms with Gasteiger partial charge in [-0.1, -0.05) is 6.42 Å². The second-order valence-electron chi connectivity index (χ2n) is 6.08. The maximum Gasteiger partial charge on any atom is 0.243 e.